The molecular weight excluding hydrogens is 299 g/mol. The quantitative estimate of drug-likeness (QED) is 0.550. The van der Waals surface area contributed by atoms with Crippen LogP contribution in [0.3, 0.4) is 0 Å². The maximum absolute atomic E-state index is 4.50. The fourth-order valence-electron chi connectivity index (χ4n) is 1.21. The van der Waals surface area contributed by atoms with Crippen molar-refractivity contribution in [3.8, 4) is 0 Å². The Hall–Kier alpha value is 0.260. The summed E-state index contributed by atoms with van der Waals surface area (Å²) >= 11 is 8.60. The third kappa shape index (κ3) is 1.28. The molecule has 2 aromatic rings. The summed E-state index contributed by atoms with van der Waals surface area (Å²) in [6.45, 7) is 2.12. The Labute approximate surface area is 94.5 Å². The van der Waals surface area contributed by atoms with Crippen LogP contribution in [0.15, 0.2) is 22.4 Å². The Bertz CT molecular complexity index is 431. The van der Waals surface area contributed by atoms with E-state index < -0.39 is 0 Å². The Morgan fingerprint density at radius 3 is 3.00 bits per heavy atom. The van der Waals surface area contributed by atoms with Gasteiger partial charge in [-0.05, 0) is 58.0 Å². The summed E-state index contributed by atoms with van der Waals surface area (Å²) < 4.78 is 2.57. The topological polar surface area (TPSA) is 0 Å². The summed E-state index contributed by atoms with van der Waals surface area (Å²) in [6, 6.07) is 4.36. The number of aryl methyl sites for hydroxylation is 1. The fraction of sp³-hybridized carbons (Fsp3) is 0.111. The minimum atomic E-state index is 1.13. The number of halogens is 1. The van der Waals surface area contributed by atoms with Gasteiger partial charge in [-0.25, -0.2) is 0 Å². The molecule has 0 aliphatic heterocycles. The van der Waals surface area contributed by atoms with Gasteiger partial charge in [-0.2, -0.15) is 0 Å². The zero-order chi connectivity index (χ0) is 8.72. The summed E-state index contributed by atoms with van der Waals surface area (Å²) in [4.78, 5) is 1.13. The lowest BCUT2D eigenvalue weighted by atomic mass is 10.2. The van der Waals surface area contributed by atoms with Gasteiger partial charge in [0.15, 0.2) is 0 Å². The molecule has 0 bridgehead atoms. The third-order valence-electron chi connectivity index (χ3n) is 1.84. The van der Waals surface area contributed by atoms with Crippen molar-refractivity contribution >= 4 is 56.6 Å². The van der Waals surface area contributed by atoms with Crippen molar-refractivity contribution in [2.75, 3.05) is 0 Å². The van der Waals surface area contributed by atoms with Gasteiger partial charge in [0.25, 0.3) is 0 Å². The maximum Gasteiger partial charge on any atom is 0.0486 e. The molecule has 62 valence electrons. The van der Waals surface area contributed by atoms with Crippen LogP contribution in [0.1, 0.15) is 5.56 Å². The number of hydrogen-bond acceptors (Lipinski definition) is 2. The highest BCUT2D eigenvalue weighted by Gasteiger charge is 2.05. The predicted molar refractivity (Wildman–Crippen MR) is 66.5 cm³/mol. The van der Waals surface area contributed by atoms with Gasteiger partial charge in [-0.3, -0.25) is 0 Å². The number of thiol groups is 1. The number of fused-ring (bicyclic) bond motifs is 1. The van der Waals surface area contributed by atoms with Crippen molar-refractivity contribution in [2.45, 2.75) is 11.8 Å². The molecule has 0 saturated carbocycles. The number of hydrogen-bond donors (Lipinski definition) is 1. The number of thiophene rings is 1. The van der Waals surface area contributed by atoms with Crippen LogP contribution >= 0.6 is 46.6 Å². The second-order valence-electron chi connectivity index (χ2n) is 2.70. The fourth-order valence-corrected chi connectivity index (χ4v) is 3.11. The Kier molecular flexibility index (Phi) is 2.35. The first kappa shape index (κ1) is 8.84. The Morgan fingerprint density at radius 2 is 2.25 bits per heavy atom. The molecule has 1 heterocycles. The average molecular weight is 306 g/mol. The van der Waals surface area contributed by atoms with Crippen molar-refractivity contribution in [2.24, 2.45) is 0 Å². The lowest BCUT2D eigenvalue weighted by Gasteiger charge is -2.02. The predicted octanol–water partition coefficient (Wildman–Crippen LogP) is 4.10. The molecule has 0 saturated heterocycles. The van der Waals surface area contributed by atoms with Gasteiger partial charge in [0, 0.05) is 13.2 Å². The van der Waals surface area contributed by atoms with Crippen LogP contribution < -0.4 is 0 Å². The highest BCUT2D eigenvalue weighted by Crippen LogP contribution is 2.33. The van der Waals surface area contributed by atoms with E-state index in [9.17, 15) is 0 Å². The first-order valence-electron chi connectivity index (χ1n) is 3.55. The van der Waals surface area contributed by atoms with Crippen LogP contribution in [0, 0.1) is 10.5 Å². The molecule has 0 atom stereocenters. The highest BCUT2D eigenvalue weighted by atomic mass is 127. The Morgan fingerprint density at radius 1 is 1.50 bits per heavy atom. The van der Waals surface area contributed by atoms with Gasteiger partial charge < -0.3 is 0 Å². The molecule has 0 N–H and O–H groups in total. The largest absolute Gasteiger partial charge is 0.143 e. The molecule has 0 unspecified atom stereocenters. The normalized spacial score (nSPS) is 10.9. The first-order chi connectivity index (χ1) is 5.70. The smallest absolute Gasteiger partial charge is 0.0486 e. The van der Waals surface area contributed by atoms with Crippen LogP contribution in [-0.2, 0) is 0 Å². The summed E-state index contributed by atoms with van der Waals surface area (Å²) in [5, 5.41) is 3.42. The van der Waals surface area contributed by atoms with E-state index in [4.69, 9.17) is 0 Å². The molecule has 3 heteroatoms. The molecule has 0 fully saturated rings. The minimum absolute atomic E-state index is 1.13. The van der Waals surface area contributed by atoms with E-state index in [1.54, 1.807) is 11.3 Å². The number of benzene rings is 1. The van der Waals surface area contributed by atoms with Crippen LogP contribution in [0.25, 0.3) is 10.1 Å². The lowest BCUT2D eigenvalue weighted by molar-refractivity contribution is 1.38. The molecule has 0 aliphatic carbocycles. The standard InChI is InChI=1S/C9H7IS2/c1-5-4-6-2-3-12-9(6)8(11)7(5)10/h2-4,11H,1H3. The lowest BCUT2D eigenvalue weighted by Crippen LogP contribution is -1.81. The van der Waals surface area contributed by atoms with Gasteiger partial charge in [0.1, 0.15) is 0 Å². The molecule has 0 spiro atoms. The molecular formula is C9H7IS2. The van der Waals surface area contributed by atoms with Crippen molar-refractivity contribution < 1.29 is 0 Å². The second kappa shape index (κ2) is 3.20. The third-order valence-corrected chi connectivity index (χ3v) is 5.20. The summed E-state index contributed by atoms with van der Waals surface area (Å²) in [6.07, 6.45) is 0. The van der Waals surface area contributed by atoms with E-state index in [2.05, 4.69) is 59.7 Å². The molecule has 1 aromatic carbocycles. The highest BCUT2D eigenvalue weighted by molar-refractivity contribution is 14.1. The molecule has 0 amide bonds. The monoisotopic (exact) mass is 306 g/mol. The summed E-state index contributed by atoms with van der Waals surface area (Å²) in [7, 11) is 0. The average Bonchev–Trinajstić information content (AvgIpc) is 2.48. The Balaban J connectivity index is 2.94. The van der Waals surface area contributed by atoms with Gasteiger partial charge in [-0.1, -0.05) is 0 Å². The SMILES string of the molecule is Cc1cc2ccsc2c(S)c1I. The van der Waals surface area contributed by atoms with E-state index in [0.29, 0.717) is 0 Å². The summed E-state index contributed by atoms with van der Waals surface area (Å²) in [5.41, 5.74) is 1.31. The first-order valence-corrected chi connectivity index (χ1v) is 5.96. The van der Waals surface area contributed by atoms with Crippen LogP contribution in [0.5, 0.6) is 0 Å². The van der Waals surface area contributed by atoms with Crippen molar-refractivity contribution in [3.63, 3.8) is 0 Å². The van der Waals surface area contributed by atoms with E-state index in [0.717, 1.165) is 4.90 Å². The van der Waals surface area contributed by atoms with Gasteiger partial charge in [0.05, 0.1) is 0 Å². The van der Waals surface area contributed by atoms with Crippen molar-refractivity contribution in [3.05, 3.63) is 26.6 Å². The number of rotatable bonds is 0. The molecule has 0 nitrogen and oxygen atoms in total. The van der Waals surface area contributed by atoms with Crippen LogP contribution in [-0.4, -0.2) is 0 Å². The van der Waals surface area contributed by atoms with Gasteiger partial charge in [0.2, 0.25) is 0 Å². The summed E-state index contributed by atoms with van der Waals surface area (Å²) in [5.74, 6) is 0. The molecule has 2 rings (SSSR count). The van der Waals surface area contributed by atoms with E-state index in [1.165, 1.54) is 19.2 Å². The van der Waals surface area contributed by atoms with Crippen LogP contribution in [0.4, 0.5) is 0 Å². The second-order valence-corrected chi connectivity index (χ2v) is 5.14. The van der Waals surface area contributed by atoms with Gasteiger partial charge in [-0.15, -0.1) is 24.0 Å². The van der Waals surface area contributed by atoms with Gasteiger partial charge >= 0.3 is 0 Å². The van der Waals surface area contributed by atoms with E-state index in [1.807, 2.05) is 0 Å². The molecule has 0 radical (unpaired) electrons. The zero-order valence-electron chi connectivity index (χ0n) is 6.47. The molecule has 1 aromatic heterocycles. The maximum atomic E-state index is 4.50. The zero-order valence-corrected chi connectivity index (χ0v) is 10.3. The van der Waals surface area contributed by atoms with Crippen LogP contribution in [0.2, 0.25) is 0 Å². The van der Waals surface area contributed by atoms with Crippen molar-refractivity contribution in [1.82, 2.24) is 0 Å². The molecule has 0 aliphatic rings. The minimum Gasteiger partial charge on any atom is -0.143 e. The molecule has 12 heavy (non-hydrogen) atoms. The van der Waals surface area contributed by atoms with E-state index >= 15 is 0 Å². The van der Waals surface area contributed by atoms with Crippen molar-refractivity contribution in [1.29, 1.82) is 0 Å². The van der Waals surface area contributed by atoms with E-state index in [-0.39, 0.29) is 0 Å².